The van der Waals surface area contributed by atoms with Crippen LogP contribution in [0.1, 0.15) is 5.56 Å². The summed E-state index contributed by atoms with van der Waals surface area (Å²) >= 11 is 0. The number of methoxy groups -OCH3 is 5. The lowest BCUT2D eigenvalue weighted by atomic mass is 9.98. The maximum Gasteiger partial charge on any atom is 0.348 e. The van der Waals surface area contributed by atoms with E-state index in [0.29, 0.717) is 28.4 Å². The fourth-order valence-corrected chi connectivity index (χ4v) is 3.28. The van der Waals surface area contributed by atoms with Crippen molar-refractivity contribution in [3.8, 4) is 39.9 Å². The molecular formula is C22H24O9. The SMILES string of the molecule is COCOCc1cc(OC)c(OC)cc1-c1c(O)c2c(OC)cc(OC)cc2oc1=O. The minimum Gasteiger partial charge on any atom is -0.506 e. The molecule has 3 rings (SSSR count). The largest absolute Gasteiger partial charge is 0.506 e. The molecule has 0 fully saturated rings. The first-order valence-electron chi connectivity index (χ1n) is 9.22. The van der Waals surface area contributed by atoms with Gasteiger partial charge in [-0.3, -0.25) is 0 Å². The second kappa shape index (κ2) is 9.59. The van der Waals surface area contributed by atoms with Gasteiger partial charge in [-0.05, 0) is 17.7 Å². The Bertz CT molecular complexity index is 1130. The molecule has 9 heteroatoms. The molecule has 0 aliphatic rings. The van der Waals surface area contributed by atoms with E-state index in [1.54, 1.807) is 18.2 Å². The molecule has 1 N–H and O–H groups in total. The molecule has 9 nitrogen and oxygen atoms in total. The lowest BCUT2D eigenvalue weighted by Gasteiger charge is -2.17. The molecule has 0 spiro atoms. The van der Waals surface area contributed by atoms with Gasteiger partial charge in [-0.1, -0.05) is 0 Å². The average Bonchev–Trinajstić information content (AvgIpc) is 2.78. The van der Waals surface area contributed by atoms with E-state index in [1.165, 1.54) is 41.6 Å². The van der Waals surface area contributed by atoms with Crippen molar-refractivity contribution in [3.63, 3.8) is 0 Å². The molecule has 2 aromatic carbocycles. The maximum atomic E-state index is 12.9. The van der Waals surface area contributed by atoms with Crippen molar-refractivity contribution in [1.82, 2.24) is 0 Å². The highest BCUT2D eigenvalue weighted by Gasteiger charge is 2.24. The predicted molar refractivity (Wildman–Crippen MR) is 112 cm³/mol. The molecule has 1 aromatic heterocycles. The van der Waals surface area contributed by atoms with E-state index in [0.717, 1.165) is 0 Å². The highest BCUT2D eigenvalue weighted by Crippen LogP contribution is 2.43. The van der Waals surface area contributed by atoms with Crippen molar-refractivity contribution >= 4 is 11.0 Å². The second-order valence-electron chi connectivity index (χ2n) is 6.44. The molecule has 0 aliphatic heterocycles. The monoisotopic (exact) mass is 432 g/mol. The Morgan fingerprint density at radius 3 is 2.16 bits per heavy atom. The first-order chi connectivity index (χ1) is 15.0. The molecule has 0 atom stereocenters. The van der Waals surface area contributed by atoms with Crippen molar-refractivity contribution in [2.45, 2.75) is 6.61 Å². The molecule has 0 unspecified atom stereocenters. The van der Waals surface area contributed by atoms with Crippen LogP contribution in [0.15, 0.2) is 33.5 Å². The topological polar surface area (TPSA) is 106 Å². The zero-order chi connectivity index (χ0) is 22.5. The zero-order valence-electron chi connectivity index (χ0n) is 17.9. The molecule has 0 saturated heterocycles. The Labute approximate surface area is 178 Å². The van der Waals surface area contributed by atoms with Crippen LogP contribution in [-0.4, -0.2) is 47.4 Å². The number of benzene rings is 2. The maximum absolute atomic E-state index is 12.9. The Hall–Kier alpha value is -3.43. The third-order valence-corrected chi connectivity index (χ3v) is 4.71. The molecule has 31 heavy (non-hydrogen) atoms. The van der Waals surface area contributed by atoms with Crippen LogP contribution >= 0.6 is 0 Å². The molecule has 0 amide bonds. The number of hydrogen-bond donors (Lipinski definition) is 1. The standard InChI is InChI=1S/C22H24O9/c1-25-11-30-10-12-6-15(27-3)16(28-4)9-14(12)19-21(23)20-17(29-5)7-13(26-2)8-18(20)31-22(19)24/h6-9,23H,10-11H2,1-5H3. The van der Waals surface area contributed by atoms with Gasteiger partial charge >= 0.3 is 5.63 Å². The first-order valence-corrected chi connectivity index (χ1v) is 9.22. The fourth-order valence-electron chi connectivity index (χ4n) is 3.28. The van der Waals surface area contributed by atoms with E-state index >= 15 is 0 Å². The Morgan fingerprint density at radius 2 is 1.55 bits per heavy atom. The summed E-state index contributed by atoms with van der Waals surface area (Å²) in [5.41, 5.74) is 0.234. The van der Waals surface area contributed by atoms with Gasteiger partial charge in [-0.25, -0.2) is 4.79 Å². The van der Waals surface area contributed by atoms with Crippen molar-refractivity contribution in [2.24, 2.45) is 0 Å². The number of rotatable bonds is 9. The smallest absolute Gasteiger partial charge is 0.348 e. The fraction of sp³-hybridized carbons (Fsp3) is 0.318. The summed E-state index contributed by atoms with van der Waals surface area (Å²) in [4.78, 5) is 12.9. The molecule has 0 saturated carbocycles. The summed E-state index contributed by atoms with van der Waals surface area (Å²) < 4.78 is 37.2. The highest BCUT2D eigenvalue weighted by atomic mass is 16.7. The van der Waals surface area contributed by atoms with Crippen LogP contribution < -0.4 is 24.6 Å². The van der Waals surface area contributed by atoms with E-state index in [9.17, 15) is 9.90 Å². The molecule has 0 bridgehead atoms. The summed E-state index contributed by atoms with van der Waals surface area (Å²) in [6.07, 6.45) is 0. The van der Waals surface area contributed by atoms with Gasteiger partial charge in [0, 0.05) is 24.8 Å². The van der Waals surface area contributed by atoms with Crippen molar-refractivity contribution in [3.05, 3.63) is 40.2 Å². The molecule has 166 valence electrons. The normalized spacial score (nSPS) is 10.9. The minimum absolute atomic E-state index is 0.0414. The molecular weight excluding hydrogens is 408 g/mol. The van der Waals surface area contributed by atoms with Crippen LogP contribution in [-0.2, 0) is 16.1 Å². The predicted octanol–water partition coefficient (Wildman–Crippen LogP) is 3.32. The average molecular weight is 432 g/mol. The molecule has 3 aromatic rings. The zero-order valence-corrected chi connectivity index (χ0v) is 17.9. The number of hydrogen-bond acceptors (Lipinski definition) is 9. The molecule has 1 heterocycles. The van der Waals surface area contributed by atoms with Crippen molar-refractivity contribution < 1.29 is 37.9 Å². The quantitative estimate of drug-likeness (QED) is 0.310. The van der Waals surface area contributed by atoms with Crippen LogP contribution in [0.25, 0.3) is 22.1 Å². The minimum atomic E-state index is -0.750. The Kier molecular flexibility index (Phi) is 6.88. The highest BCUT2D eigenvalue weighted by molar-refractivity contribution is 5.96. The van der Waals surface area contributed by atoms with Crippen LogP contribution in [0.4, 0.5) is 0 Å². The third kappa shape index (κ3) is 4.23. The summed E-state index contributed by atoms with van der Waals surface area (Å²) in [5, 5.41) is 11.4. The van der Waals surface area contributed by atoms with E-state index in [2.05, 4.69) is 0 Å². The third-order valence-electron chi connectivity index (χ3n) is 4.71. The van der Waals surface area contributed by atoms with Gasteiger partial charge in [0.05, 0.1) is 35.0 Å². The van der Waals surface area contributed by atoms with Gasteiger partial charge in [0.15, 0.2) is 11.5 Å². The summed E-state index contributed by atoms with van der Waals surface area (Å²) in [6, 6.07) is 6.33. The number of aromatic hydroxyl groups is 1. The van der Waals surface area contributed by atoms with Crippen LogP contribution in [0.2, 0.25) is 0 Å². The van der Waals surface area contributed by atoms with Gasteiger partial charge in [0.2, 0.25) is 0 Å². The van der Waals surface area contributed by atoms with Crippen LogP contribution in [0.3, 0.4) is 0 Å². The van der Waals surface area contributed by atoms with Gasteiger partial charge < -0.3 is 37.9 Å². The van der Waals surface area contributed by atoms with E-state index in [-0.39, 0.29) is 41.4 Å². The number of fused-ring (bicyclic) bond motifs is 1. The van der Waals surface area contributed by atoms with Crippen molar-refractivity contribution in [2.75, 3.05) is 42.3 Å². The Morgan fingerprint density at radius 1 is 0.871 bits per heavy atom. The van der Waals surface area contributed by atoms with Crippen LogP contribution in [0, 0.1) is 0 Å². The lowest BCUT2D eigenvalue weighted by Crippen LogP contribution is -2.08. The Balaban J connectivity index is 2.32. The molecule has 0 radical (unpaired) electrons. The van der Waals surface area contributed by atoms with E-state index in [4.69, 9.17) is 32.8 Å². The van der Waals surface area contributed by atoms with E-state index < -0.39 is 5.63 Å². The van der Waals surface area contributed by atoms with Crippen LogP contribution in [0.5, 0.6) is 28.7 Å². The first kappa shape index (κ1) is 22.3. The summed E-state index contributed by atoms with van der Waals surface area (Å²) in [5.74, 6) is 1.21. The second-order valence-corrected chi connectivity index (χ2v) is 6.44. The van der Waals surface area contributed by atoms with Gasteiger partial charge in [-0.2, -0.15) is 0 Å². The number of ether oxygens (including phenoxy) is 6. The lowest BCUT2D eigenvalue weighted by molar-refractivity contribution is -0.0389. The molecule has 0 aliphatic carbocycles. The van der Waals surface area contributed by atoms with Gasteiger partial charge in [0.25, 0.3) is 0 Å². The van der Waals surface area contributed by atoms with Gasteiger partial charge in [0.1, 0.15) is 40.6 Å². The summed E-state index contributed by atoms with van der Waals surface area (Å²) in [6.45, 7) is 0.125. The summed E-state index contributed by atoms with van der Waals surface area (Å²) in [7, 11) is 7.39. The van der Waals surface area contributed by atoms with Gasteiger partial charge in [-0.15, -0.1) is 0 Å². The van der Waals surface area contributed by atoms with Crippen molar-refractivity contribution in [1.29, 1.82) is 0 Å². The van der Waals surface area contributed by atoms with E-state index in [1.807, 2.05) is 0 Å².